The van der Waals surface area contributed by atoms with Crippen LogP contribution in [0.5, 0.6) is 5.75 Å². The molecule has 0 N–H and O–H groups in total. The van der Waals surface area contributed by atoms with Crippen molar-refractivity contribution in [3.63, 3.8) is 0 Å². The highest BCUT2D eigenvalue weighted by Gasteiger charge is 2.29. The normalized spacial score (nSPS) is 11.6. The Morgan fingerprint density at radius 2 is 1.83 bits per heavy atom. The molecule has 5 nitrogen and oxygen atoms in total. The number of benzene rings is 2. The maximum absolute atomic E-state index is 13.2. The van der Waals surface area contributed by atoms with Crippen LogP contribution in [0.3, 0.4) is 0 Å². The SMILES string of the molecule is COCc1cc2c(OC(=O)N(Cc3ccccc3)C(C)(C)C)cc(CCl)cc2o1. The van der Waals surface area contributed by atoms with Crippen LogP contribution >= 0.6 is 11.6 Å². The predicted molar refractivity (Wildman–Crippen MR) is 114 cm³/mol. The molecule has 0 aliphatic heterocycles. The third-order valence-corrected chi connectivity index (χ3v) is 4.87. The Balaban J connectivity index is 1.93. The fourth-order valence-corrected chi connectivity index (χ4v) is 3.23. The minimum atomic E-state index is -0.427. The van der Waals surface area contributed by atoms with Gasteiger partial charge in [-0.3, -0.25) is 4.90 Å². The molecule has 0 atom stereocenters. The molecule has 1 heterocycles. The third-order valence-electron chi connectivity index (χ3n) is 4.56. The van der Waals surface area contributed by atoms with Gasteiger partial charge in [0.25, 0.3) is 0 Å². The second-order valence-corrected chi connectivity index (χ2v) is 8.16. The lowest BCUT2D eigenvalue weighted by Gasteiger charge is -2.34. The summed E-state index contributed by atoms with van der Waals surface area (Å²) in [6.07, 6.45) is -0.427. The number of rotatable bonds is 6. The van der Waals surface area contributed by atoms with Crippen molar-refractivity contribution in [2.24, 2.45) is 0 Å². The summed E-state index contributed by atoms with van der Waals surface area (Å²) in [5, 5.41) is 0.716. The van der Waals surface area contributed by atoms with Gasteiger partial charge in [-0.1, -0.05) is 30.3 Å². The van der Waals surface area contributed by atoms with Crippen molar-refractivity contribution < 1.29 is 18.7 Å². The zero-order valence-corrected chi connectivity index (χ0v) is 18.0. The highest BCUT2D eigenvalue weighted by molar-refractivity contribution is 6.17. The molecule has 0 radical (unpaired) electrons. The maximum Gasteiger partial charge on any atom is 0.415 e. The van der Waals surface area contributed by atoms with Crippen LogP contribution < -0.4 is 4.74 Å². The van der Waals surface area contributed by atoms with E-state index in [1.807, 2.05) is 63.2 Å². The van der Waals surface area contributed by atoms with Gasteiger partial charge in [0.15, 0.2) is 0 Å². The van der Waals surface area contributed by atoms with Crippen molar-refractivity contribution >= 4 is 28.7 Å². The summed E-state index contributed by atoms with van der Waals surface area (Å²) in [6, 6.07) is 15.3. The molecule has 0 fully saturated rings. The molecular formula is C23H26ClNO4. The molecule has 154 valence electrons. The number of carbonyl (C=O) groups is 1. The molecule has 3 aromatic rings. The second-order valence-electron chi connectivity index (χ2n) is 7.90. The Kier molecular flexibility index (Phi) is 6.50. The van der Waals surface area contributed by atoms with E-state index in [0.29, 0.717) is 35.6 Å². The van der Waals surface area contributed by atoms with E-state index in [4.69, 9.17) is 25.5 Å². The summed E-state index contributed by atoms with van der Waals surface area (Å²) in [5.74, 6) is 1.37. The molecule has 0 saturated heterocycles. The van der Waals surface area contributed by atoms with Gasteiger partial charge in [0.2, 0.25) is 0 Å². The quantitative estimate of drug-likeness (QED) is 0.455. The minimum Gasteiger partial charge on any atom is -0.458 e. The van der Waals surface area contributed by atoms with Crippen LogP contribution in [0.15, 0.2) is 52.9 Å². The molecule has 0 saturated carbocycles. The summed E-state index contributed by atoms with van der Waals surface area (Å²) < 4.78 is 16.8. The second kappa shape index (κ2) is 8.89. The van der Waals surface area contributed by atoms with Crippen LogP contribution in [-0.4, -0.2) is 23.6 Å². The Morgan fingerprint density at radius 3 is 2.45 bits per heavy atom. The molecule has 29 heavy (non-hydrogen) atoms. The van der Waals surface area contributed by atoms with E-state index in [1.165, 1.54) is 0 Å². The van der Waals surface area contributed by atoms with Gasteiger partial charge in [0.05, 0.1) is 5.39 Å². The van der Waals surface area contributed by atoms with E-state index in [9.17, 15) is 4.79 Å². The molecule has 0 unspecified atom stereocenters. The number of furan rings is 1. The Morgan fingerprint density at radius 1 is 1.10 bits per heavy atom. The number of halogens is 1. The summed E-state index contributed by atoms with van der Waals surface area (Å²) in [4.78, 5) is 14.9. The zero-order chi connectivity index (χ0) is 21.0. The number of fused-ring (bicyclic) bond motifs is 1. The Bertz CT molecular complexity index is 976. The van der Waals surface area contributed by atoms with Crippen LogP contribution in [0, 0.1) is 0 Å². The van der Waals surface area contributed by atoms with E-state index in [1.54, 1.807) is 18.1 Å². The van der Waals surface area contributed by atoms with Crippen LogP contribution in [0.1, 0.15) is 37.7 Å². The standard InChI is InChI=1S/C23H26ClNO4/c1-23(2,3)25(14-16-8-6-5-7-9-16)22(26)29-21-11-17(13-24)10-20-19(21)12-18(28-20)15-27-4/h5-12H,13-15H2,1-4H3. The average molecular weight is 416 g/mol. The van der Waals surface area contributed by atoms with Crippen molar-refractivity contribution in [2.45, 2.75) is 45.3 Å². The number of amides is 1. The first kappa shape index (κ1) is 21.2. The van der Waals surface area contributed by atoms with Gasteiger partial charge < -0.3 is 13.9 Å². The number of hydrogen-bond acceptors (Lipinski definition) is 4. The number of nitrogens with zero attached hydrogens (tertiary/aromatic N) is 1. The van der Waals surface area contributed by atoms with Gasteiger partial charge in [0.1, 0.15) is 23.7 Å². The number of hydrogen-bond donors (Lipinski definition) is 0. The molecule has 0 bridgehead atoms. The summed E-state index contributed by atoms with van der Waals surface area (Å²) in [7, 11) is 1.60. The largest absolute Gasteiger partial charge is 0.458 e. The molecule has 2 aromatic carbocycles. The smallest absolute Gasteiger partial charge is 0.415 e. The van der Waals surface area contributed by atoms with Crippen molar-refractivity contribution in [2.75, 3.05) is 7.11 Å². The van der Waals surface area contributed by atoms with Crippen LogP contribution in [-0.2, 0) is 23.8 Å². The third kappa shape index (κ3) is 5.11. The molecule has 1 aromatic heterocycles. The van der Waals surface area contributed by atoms with E-state index in [-0.39, 0.29) is 5.88 Å². The van der Waals surface area contributed by atoms with Crippen molar-refractivity contribution in [3.8, 4) is 5.75 Å². The fraction of sp³-hybridized carbons (Fsp3) is 0.348. The minimum absolute atomic E-state index is 0.286. The first-order chi connectivity index (χ1) is 13.8. The maximum atomic E-state index is 13.2. The molecule has 0 aliphatic carbocycles. The molecule has 0 aliphatic rings. The average Bonchev–Trinajstić information content (AvgIpc) is 3.09. The fourth-order valence-electron chi connectivity index (χ4n) is 3.08. The summed E-state index contributed by atoms with van der Waals surface area (Å²) >= 11 is 6.03. The monoisotopic (exact) mass is 415 g/mol. The van der Waals surface area contributed by atoms with E-state index < -0.39 is 11.6 Å². The van der Waals surface area contributed by atoms with Gasteiger partial charge in [-0.05, 0) is 50.1 Å². The highest BCUT2D eigenvalue weighted by Crippen LogP contribution is 2.32. The van der Waals surface area contributed by atoms with Gasteiger partial charge in [-0.2, -0.15) is 0 Å². The van der Waals surface area contributed by atoms with Crippen molar-refractivity contribution in [1.29, 1.82) is 0 Å². The number of alkyl halides is 1. The topological polar surface area (TPSA) is 51.9 Å². The molecule has 6 heteroatoms. The Hall–Kier alpha value is -2.50. The summed E-state index contributed by atoms with van der Waals surface area (Å²) in [5.41, 5.74) is 2.03. The predicted octanol–water partition coefficient (Wildman–Crippen LogP) is 6.12. The molecular weight excluding hydrogens is 390 g/mol. The number of carbonyl (C=O) groups excluding carboxylic acids is 1. The Labute approximate surface area is 176 Å². The lowest BCUT2D eigenvalue weighted by atomic mass is 10.1. The first-order valence-corrected chi connectivity index (χ1v) is 9.99. The molecule has 3 rings (SSSR count). The van der Waals surface area contributed by atoms with Crippen LogP contribution in [0.25, 0.3) is 11.0 Å². The van der Waals surface area contributed by atoms with Gasteiger partial charge in [0, 0.05) is 25.1 Å². The van der Waals surface area contributed by atoms with Gasteiger partial charge in [-0.25, -0.2) is 4.79 Å². The first-order valence-electron chi connectivity index (χ1n) is 9.45. The summed E-state index contributed by atoms with van der Waals surface area (Å²) in [6.45, 7) is 6.73. The van der Waals surface area contributed by atoms with Gasteiger partial charge >= 0.3 is 6.09 Å². The van der Waals surface area contributed by atoms with E-state index >= 15 is 0 Å². The van der Waals surface area contributed by atoms with E-state index in [0.717, 1.165) is 11.1 Å². The number of ether oxygens (including phenoxy) is 2. The number of methoxy groups -OCH3 is 1. The van der Waals surface area contributed by atoms with Crippen molar-refractivity contribution in [3.05, 3.63) is 65.4 Å². The van der Waals surface area contributed by atoms with E-state index in [2.05, 4.69) is 0 Å². The molecule has 1 amide bonds. The van der Waals surface area contributed by atoms with Crippen molar-refractivity contribution in [1.82, 2.24) is 4.90 Å². The van der Waals surface area contributed by atoms with Crippen LogP contribution in [0.2, 0.25) is 0 Å². The highest BCUT2D eigenvalue weighted by atomic mass is 35.5. The van der Waals surface area contributed by atoms with Crippen LogP contribution in [0.4, 0.5) is 4.79 Å². The molecule has 0 spiro atoms. The lowest BCUT2D eigenvalue weighted by molar-refractivity contribution is 0.102. The zero-order valence-electron chi connectivity index (χ0n) is 17.2. The lowest BCUT2D eigenvalue weighted by Crippen LogP contribution is -2.46. The van der Waals surface area contributed by atoms with Gasteiger partial charge in [-0.15, -0.1) is 11.6 Å².